The number of rotatable bonds is 3. The molecule has 0 aliphatic carbocycles. The fourth-order valence-corrected chi connectivity index (χ4v) is 2.47. The number of hydrogen-bond acceptors (Lipinski definition) is 3. The van der Waals surface area contributed by atoms with Gasteiger partial charge in [0.05, 0.1) is 24.9 Å². The number of ether oxygens (including phenoxy) is 1. The molecular weight excluding hydrogens is 307 g/mol. The molecule has 0 saturated carbocycles. The van der Waals surface area contributed by atoms with Gasteiger partial charge in [-0.25, -0.2) is 0 Å². The summed E-state index contributed by atoms with van der Waals surface area (Å²) in [6.45, 7) is 3.00. The molecule has 2 atom stereocenters. The lowest BCUT2D eigenvalue weighted by Gasteiger charge is -2.37. The van der Waals surface area contributed by atoms with Crippen LogP contribution in [-0.2, 0) is 17.5 Å². The molecule has 3 nitrogen and oxygen atoms in total. The van der Waals surface area contributed by atoms with Gasteiger partial charge in [0.15, 0.2) is 0 Å². The summed E-state index contributed by atoms with van der Waals surface area (Å²) in [6, 6.07) is 3.39. The molecule has 0 bridgehead atoms. The van der Waals surface area contributed by atoms with Gasteiger partial charge in [-0.2, -0.15) is 13.2 Å². The van der Waals surface area contributed by atoms with E-state index in [2.05, 4.69) is 0 Å². The van der Waals surface area contributed by atoms with Crippen LogP contribution in [0, 0.1) is 0 Å². The molecule has 1 saturated heterocycles. The summed E-state index contributed by atoms with van der Waals surface area (Å²) >= 11 is 6.01. The minimum absolute atomic E-state index is 0.0541. The second kappa shape index (κ2) is 6.52. The maximum atomic E-state index is 12.8. The molecule has 2 rings (SSSR count). The minimum Gasteiger partial charge on any atom is -0.394 e. The van der Waals surface area contributed by atoms with E-state index in [-0.39, 0.29) is 18.8 Å². The van der Waals surface area contributed by atoms with Crippen molar-refractivity contribution in [1.82, 2.24) is 4.90 Å². The van der Waals surface area contributed by atoms with Gasteiger partial charge in [0.1, 0.15) is 0 Å². The third-order valence-corrected chi connectivity index (χ3v) is 3.95. The van der Waals surface area contributed by atoms with E-state index in [1.165, 1.54) is 6.07 Å². The van der Waals surface area contributed by atoms with Crippen molar-refractivity contribution in [2.45, 2.75) is 31.8 Å². The third-order valence-electron chi connectivity index (χ3n) is 3.58. The summed E-state index contributed by atoms with van der Waals surface area (Å²) in [5, 5.41) is 9.45. The lowest BCUT2D eigenvalue weighted by Crippen LogP contribution is -2.48. The van der Waals surface area contributed by atoms with Crippen LogP contribution in [0.3, 0.4) is 0 Å². The second-order valence-corrected chi connectivity index (χ2v) is 5.63. The van der Waals surface area contributed by atoms with Gasteiger partial charge in [0.2, 0.25) is 0 Å². The van der Waals surface area contributed by atoms with Crippen LogP contribution in [0.1, 0.15) is 18.1 Å². The minimum atomic E-state index is -4.39. The van der Waals surface area contributed by atoms with Gasteiger partial charge in [-0.05, 0) is 30.7 Å². The first-order chi connectivity index (χ1) is 9.81. The summed E-state index contributed by atoms with van der Waals surface area (Å²) in [4.78, 5) is 1.96. The highest BCUT2D eigenvalue weighted by atomic mass is 35.5. The van der Waals surface area contributed by atoms with Crippen LogP contribution in [-0.4, -0.2) is 41.9 Å². The molecule has 0 aromatic heterocycles. The second-order valence-electron chi connectivity index (χ2n) is 5.22. The molecule has 1 N–H and O–H groups in total. The van der Waals surface area contributed by atoms with E-state index in [0.717, 1.165) is 12.1 Å². The van der Waals surface area contributed by atoms with Crippen LogP contribution >= 0.6 is 11.6 Å². The Kier molecular flexibility index (Phi) is 5.14. The summed E-state index contributed by atoms with van der Waals surface area (Å²) in [5.41, 5.74) is -0.279. The van der Waals surface area contributed by atoms with E-state index in [0.29, 0.717) is 30.3 Å². The largest absolute Gasteiger partial charge is 0.416 e. The maximum Gasteiger partial charge on any atom is 0.416 e. The van der Waals surface area contributed by atoms with Crippen molar-refractivity contribution in [3.8, 4) is 0 Å². The van der Waals surface area contributed by atoms with Gasteiger partial charge in [0.25, 0.3) is 0 Å². The number of aliphatic hydroxyl groups excluding tert-OH is 1. The molecule has 0 amide bonds. The van der Waals surface area contributed by atoms with Crippen molar-refractivity contribution in [3.63, 3.8) is 0 Å². The predicted molar refractivity (Wildman–Crippen MR) is 73.2 cm³/mol. The Labute approximate surface area is 126 Å². The van der Waals surface area contributed by atoms with Gasteiger partial charge in [-0.1, -0.05) is 11.6 Å². The van der Waals surface area contributed by atoms with Crippen molar-refractivity contribution in [2.75, 3.05) is 19.8 Å². The molecule has 21 heavy (non-hydrogen) atoms. The summed E-state index contributed by atoms with van der Waals surface area (Å²) in [5.74, 6) is 0. The van der Waals surface area contributed by atoms with Gasteiger partial charge >= 0.3 is 6.18 Å². The van der Waals surface area contributed by atoms with E-state index in [9.17, 15) is 13.2 Å². The zero-order valence-electron chi connectivity index (χ0n) is 11.5. The molecule has 2 unspecified atom stereocenters. The Bertz CT molecular complexity index is 496. The standard InChI is InChI=1S/C14H17ClF3NO2/c1-9-8-21-12(7-20)6-19(9)5-10-4-11(14(16,17)18)2-3-13(10)15/h2-4,9,12,20H,5-8H2,1H3. The highest BCUT2D eigenvalue weighted by Gasteiger charge is 2.32. The Balaban J connectivity index is 2.18. The van der Waals surface area contributed by atoms with Crippen molar-refractivity contribution >= 4 is 11.6 Å². The first kappa shape index (κ1) is 16.5. The lowest BCUT2D eigenvalue weighted by molar-refractivity contribution is -0.137. The SMILES string of the molecule is CC1COC(CO)CN1Cc1cc(C(F)(F)F)ccc1Cl. The average Bonchev–Trinajstić information content (AvgIpc) is 2.42. The van der Waals surface area contributed by atoms with Crippen molar-refractivity contribution < 1.29 is 23.0 Å². The zero-order valence-corrected chi connectivity index (χ0v) is 12.3. The maximum absolute atomic E-state index is 12.8. The molecule has 1 aromatic carbocycles. The molecular formula is C14H17ClF3NO2. The van der Waals surface area contributed by atoms with Crippen molar-refractivity contribution in [2.24, 2.45) is 0 Å². The summed E-state index contributed by atoms with van der Waals surface area (Å²) in [7, 11) is 0. The molecule has 1 aliphatic heterocycles. The first-order valence-electron chi connectivity index (χ1n) is 6.63. The van der Waals surface area contributed by atoms with Gasteiger partial charge in [-0.3, -0.25) is 4.90 Å². The lowest BCUT2D eigenvalue weighted by atomic mass is 10.1. The number of benzene rings is 1. The number of hydrogen-bond donors (Lipinski definition) is 1. The van der Waals surface area contributed by atoms with Gasteiger partial charge < -0.3 is 9.84 Å². The fourth-order valence-electron chi connectivity index (χ4n) is 2.30. The van der Waals surface area contributed by atoms with Crippen LogP contribution in [0.5, 0.6) is 0 Å². The predicted octanol–water partition coefficient (Wildman–Crippen LogP) is 2.94. The van der Waals surface area contributed by atoms with E-state index >= 15 is 0 Å². The molecule has 1 fully saturated rings. The van der Waals surface area contributed by atoms with Gasteiger partial charge in [-0.15, -0.1) is 0 Å². The van der Waals surface area contributed by atoms with E-state index in [1.807, 2.05) is 11.8 Å². The molecule has 7 heteroatoms. The molecule has 1 aromatic rings. The molecule has 1 aliphatic rings. The number of nitrogens with zero attached hydrogens (tertiary/aromatic N) is 1. The highest BCUT2D eigenvalue weighted by Crippen LogP contribution is 2.32. The summed E-state index contributed by atoms with van der Waals surface area (Å²) in [6.07, 6.45) is -4.70. The van der Waals surface area contributed by atoms with Crippen LogP contribution in [0.25, 0.3) is 0 Å². The number of halogens is 4. The first-order valence-corrected chi connectivity index (χ1v) is 7.01. The van der Waals surface area contributed by atoms with Crippen molar-refractivity contribution in [3.05, 3.63) is 34.3 Å². The average molecular weight is 324 g/mol. The molecule has 0 radical (unpaired) electrons. The quantitative estimate of drug-likeness (QED) is 0.928. The van der Waals surface area contributed by atoms with Crippen LogP contribution in [0.2, 0.25) is 5.02 Å². The van der Waals surface area contributed by atoms with E-state index in [4.69, 9.17) is 21.4 Å². The van der Waals surface area contributed by atoms with Crippen LogP contribution < -0.4 is 0 Å². The monoisotopic (exact) mass is 323 g/mol. The molecule has 118 valence electrons. The number of alkyl halides is 3. The van der Waals surface area contributed by atoms with Crippen molar-refractivity contribution in [1.29, 1.82) is 0 Å². The van der Waals surface area contributed by atoms with Crippen LogP contribution in [0.4, 0.5) is 13.2 Å². The normalized spacial score (nSPS) is 24.3. The van der Waals surface area contributed by atoms with E-state index < -0.39 is 11.7 Å². The fraction of sp³-hybridized carbons (Fsp3) is 0.571. The number of morpholine rings is 1. The Morgan fingerprint density at radius 1 is 1.43 bits per heavy atom. The van der Waals surface area contributed by atoms with Crippen LogP contribution in [0.15, 0.2) is 18.2 Å². The zero-order chi connectivity index (χ0) is 15.6. The van der Waals surface area contributed by atoms with Gasteiger partial charge in [0, 0.05) is 24.2 Å². The topological polar surface area (TPSA) is 32.7 Å². The smallest absolute Gasteiger partial charge is 0.394 e. The Hall–Kier alpha value is -0.820. The summed E-state index contributed by atoms with van der Waals surface area (Å²) < 4.78 is 43.7. The Morgan fingerprint density at radius 3 is 2.76 bits per heavy atom. The van der Waals surface area contributed by atoms with E-state index in [1.54, 1.807) is 0 Å². The third kappa shape index (κ3) is 4.10. The highest BCUT2D eigenvalue weighted by molar-refractivity contribution is 6.31. The number of aliphatic hydroxyl groups is 1. The Morgan fingerprint density at radius 2 is 2.14 bits per heavy atom. The molecule has 1 heterocycles. The molecule has 0 spiro atoms.